The number of benzene rings is 1. The zero-order chi connectivity index (χ0) is 17.5. The summed E-state index contributed by atoms with van der Waals surface area (Å²) in [5.41, 5.74) is 1.02. The van der Waals surface area contributed by atoms with Crippen LogP contribution in [-0.4, -0.2) is 37.0 Å². The van der Waals surface area contributed by atoms with E-state index >= 15 is 0 Å². The molecule has 1 aromatic carbocycles. The van der Waals surface area contributed by atoms with Crippen LogP contribution in [0.1, 0.15) is 32.4 Å². The first-order chi connectivity index (χ1) is 11.5. The topological polar surface area (TPSA) is 71.1 Å². The third-order valence-corrected chi connectivity index (χ3v) is 3.49. The highest BCUT2D eigenvalue weighted by molar-refractivity contribution is 5.66. The van der Waals surface area contributed by atoms with Crippen LogP contribution in [0.5, 0.6) is 0 Å². The molecule has 0 fully saturated rings. The van der Waals surface area contributed by atoms with Gasteiger partial charge in [-0.2, -0.15) is 0 Å². The van der Waals surface area contributed by atoms with Crippen LogP contribution in [0.4, 0.5) is 0 Å². The second-order valence-electron chi connectivity index (χ2n) is 5.49. The second kappa shape index (κ2) is 8.61. The van der Waals surface area contributed by atoms with Crippen molar-refractivity contribution in [1.29, 1.82) is 0 Å². The van der Waals surface area contributed by atoms with E-state index in [0.717, 1.165) is 5.56 Å². The molecule has 0 amide bonds. The summed E-state index contributed by atoms with van der Waals surface area (Å²) < 4.78 is 21.8. The van der Waals surface area contributed by atoms with Crippen molar-refractivity contribution in [1.82, 2.24) is 0 Å². The van der Waals surface area contributed by atoms with E-state index in [-0.39, 0.29) is 12.7 Å². The molecule has 4 atom stereocenters. The molecule has 0 N–H and O–H groups in total. The van der Waals surface area contributed by atoms with Crippen molar-refractivity contribution in [2.24, 2.45) is 0 Å². The van der Waals surface area contributed by atoms with Gasteiger partial charge >= 0.3 is 11.9 Å². The lowest BCUT2D eigenvalue weighted by Gasteiger charge is -2.32. The van der Waals surface area contributed by atoms with Crippen LogP contribution < -0.4 is 0 Å². The van der Waals surface area contributed by atoms with E-state index in [1.165, 1.54) is 13.8 Å². The molecule has 130 valence electrons. The summed E-state index contributed by atoms with van der Waals surface area (Å²) >= 11 is 0. The number of rotatable bonds is 6. The molecule has 24 heavy (non-hydrogen) atoms. The minimum absolute atomic E-state index is 0.0167. The second-order valence-corrected chi connectivity index (χ2v) is 5.49. The molecule has 6 heteroatoms. The maximum atomic E-state index is 11.2. The van der Waals surface area contributed by atoms with Crippen molar-refractivity contribution < 1.29 is 28.5 Å². The van der Waals surface area contributed by atoms with Gasteiger partial charge in [0.05, 0.1) is 6.10 Å². The van der Waals surface area contributed by atoms with Crippen LogP contribution >= 0.6 is 0 Å². The Labute approximate surface area is 141 Å². The van der Waals surface area contributed by atoms with Gasteiger partial charge in [-0.15, -0.1) is 0 Å². The van der Waals surface area contributed by atoms with Crippen LogP contribution in [-0.2, 0) is 28.5 Å². The molecule has 1 aromatic rings. The standard InChI is InChI=1S/C18H22O6/c1-12(15-7-5-4-6-8-15)22-18-10-9-16(23-14(3)20)17(24-18)11-21-13(2)19/h4-10,12,16-18H,11H2,1-3H3/t12-,16-,17+,18+/m0/s1. The Hall–Kier alpha value is -2.18. The number of hydrogen-bond acceptors (Lipinski definition) is 6. The van der Waals surface area contributed by atoms with Crippen LogP contribution in [0.15, 0.2) is 42.5 Å². The fraction of sp³-hybridized carbons (Fsp3) is 0.444. The average molecular weight is 334 g/mol. The van der Waals surface area contributed by atoms with Crippen molar-refractivity contribution >= 4 is 11.9 Å². The number of esters is 2. The first-order valence-corrected chi connectivity index (χ1v) is 7.80. The first-order valence-electron chi connectivity index (χ1n) is 7.80. The summed E-state index contributed by atoms with van der Waals surface area (Å²) in [6, 6.07) is 9.75. The molecule has 6 nitrogen and oxygen atoms in total. The Morgan fingerprint density at radius 3 is 2.46 bits per heavy atom. The Balaban J connectivity index is 2.01. The van der Waals surface area contributed by atoms with E-state index in [0.29, 0.717) is 0 Å². The van der Waals surface area contributed by atoms with E-state index in [9.17, 15) is 9.59 Å². The fourth-order valence-electron chi connectivity index (χ4n) is 2.34. The van der Waals surface area contributed by atoms with Crippen LogP contribution in [0.25, 0.3) is 0 Å². The van der Waals surface area contributed by atoms with Gasteiger partial charge in [0.25, 0.3) is 0 Å². The normalized spacial score (nSPS) is 24.2. The predicted molar refractivity (Wildman–Crippen MR) is 85.9 cm³/mol. The van der Waals surface area contributed by atoms with Gasteiger partial charge < -0.3 is 18.9 Å². The van der Waals surface area contributed by atoms with Crippen molar-refractivity contribution in [2.75, 3.05) is 6.61 Å². The molecule has 0 spiro atoms. The molecule has 0 radical (unpaired) electrons. The number of hydrogen-bond donors (Lipinski definition) is 0. The molecular weight excluding hydrogens is 312 g/mol. The van der Waals surface area contributed by atoms with Gasteiger partial charge in [0.15, 0.2) is 6.29 Å². The third kappa shape index (κ3) is 5.47. The molecule has 0 saturated heterocycles. The largest absolute Gasteiger partial charge is 0.463 e. The van der Waals surface area contributed by atoms with E-state index < -0.39 is 30.4 Å². The Morgan fingerprint density at radius 2 is 1.83 bits per heavy atom. The van der Waals surface area contributed by atoms with Crippen molar-refractivity contribution in [3.05, 3.63) is 48.0 Å². The number of ether oxygens (including phenoxy) is 4. The van der Waals surface area contributed by atoms with Crippen molar-refractivity contribution in [2.45, 2.75) is 45.4 Å². The summed E-state index contributed by atoms with van der Waals surface area (Å²) in [5.74, 6) is -0.858. The SMILES string of the molecule is CC(=O)OC[C@H]1O[C@@H](O[C@@H](C)c2ccccc2)C=C[C@@H]1OC(C)=O. The molecule has 0 aromatic heterocycles. The zero-order valence-electron chi connectivity index (χ0n) is 14.0. The van der Waals surface area contributed by atoms with Crippen molar-refractivity contribution in [3.8, 4) is 0 Å². The quantitative estimate of drug-likeness (QED) is 0.588. The van der Waals surface area contributed by atoms with Crippen molar-refractivity contribution in [3.63, 3.8) is 0 Å². The monoisotopic (exact) mass is 334 g/mol. The fourth-order valence-corrected chi connectivity index (χ4v) is 2.34. The van der Waals surface area contributed by atoms with E-state index in [1.807, 2.05) is 37.3 Å². The minimum atomic E-state index is -0.618. The van der Waals surface area contributed by atoms with Crippen LogP contribution in [0, 0.1) is 0 Å². The summed E-state index contributed by atoms with van der Waals surface area (Å²) in [5, 5.41) is 0. The highest BCUT2D eigenvalue weighted by Gasteiger charge is 2.31. The average Bonchev–Trinajstić information content (AvgIpc) is 2.55. The van der Waals surface area contributed by atoms with E-state index in [1.54, 1.807) is 12.2 Å². The summed E-state index contributed by atoms with van der Waals surface area (Å²) in [6.45, 7) is 4.53. The smallest absolute Gasteiger partial charge is 0.303 e. The maximum absolute atomic E-state index is 11.2. The number of carbonyl (C=O) groups is 2. The predicted octanol–water partition coefficient (Wildman–Crippen LogP) is 2.54. The van der Waals surface area contributed by atoms with Gasteiger partial charge in [-0.1, -0.05) is 30.3 Å². The number of carbonyl (C=O) groups excluding carboxylic acids is 2. The maximum Gasteiger partial charge on any atom is 0.303 e. The summed E-state index contributed by atoms with van der Waals surface area (Å²) in [4.78, 5) is 22.2. The van der Waals surface area contributed by atoms with Crippen LogP contribution in [0.2, 0.25) is 0 Å². The van der Waals surface area contributed by atoms with Gasteiger partial charge in [-0.25, -0.2) is 0 Å². The zero-order valence-corrected chi connectivity index (χ0v) is 14.0. The van der Waals surface area contributed by atoms with Gasteiger partial charge in [0, 0.05) is 13.8 Å². The highest BCUT2D eigenvalue weighted by atomic mass is 16.7. The van der Waals surface area contributed by atoms with Gasteiger partial charge in [-0.3, -0.25) is 9.59 Å². The van der Waals surface area contributed by atoms with Gasteiger partial charge in [0.1, 0.15) is 18.8 Å². The first kappa shape index (κ1) is 18.2. The van der Waals surface area contributed by atoms with Gasteiger partial charge in [-0.05, 0) is 24.6 Å². The van der Waals surface area contributed by atoms with Crippen LogP contribution in [0.3, 0.4) is 0 Å². The lowest BCUT2D eigenvalue weighted by molar-refractivity contribution is -0.208. The molecule has 1 aliphatic rings. The molecule has 0 bridgehead atoms. The molecular formula is C18H22O6. The molecule has 0 aliphatic carbocycles. The Bertz CT molecular complexity index is 582. The van der Waals surface area contributed by atoms with E-state index in [4.69, 9.17) is 18.9 Å². The summed E-state index contributed by atoms with van der Waals surface area (Å²) in [7, 11) is 0. The molecule has 1 heterocycles. The molecule has 2 rings (SSSR count). The summed E-state index contributed by atoms with van der Waals surface area (Å²) in [6.07, 6.45) is 1.36. The Kier molecular flexibility index (Phi) is 6.52. The van der Waals surface area contributed by atoms with E-state index in [2.05, 4.69) is 0 Å². The lowest BCUT2D eigenvalue weighted by atomic mass is 10.1. The van der Waals surface area contributed by atoms with Gasteiger partial charge in [0.2, 0.25) is 0 Å². The lowest BCUT2D eigenvalue weighted by Crippen LogP contribution is -2.42. The Morgan fingerprint density at radius 1 is 1.12 bits per heavy atom. The minimum Gasteiger partial charge on any atom is -0.463 e. The third-order valence-electron chi connectivity index (χ3n) is 3.49. The molecule has 1 aliphatic heterocycles. The highest BCUT2D eigenvalue weighted by Crippen LogP contribution is 2.24. The molecule has 0 saturated carbocycles. The molecule has 0 unspecified atom stereocenters.